The van der Waals surface area contributed by atoms with Crippen molar-refractivity contribution < 1.29 is 49.2 Å². The van der Waals surface area contributed by atoms with Crippen LogP contribution in [0.4, 0.5) is 0 Å². The van der Waals surface area contributed by atoms with Crippen LogP contribution in [0, 0.1) is 0 Å². The largest absolute Gasteiger partial charge is 0.480 e. The molecule has 3 rings (SSSR count). The fraction of sp³-hybridized carbons (Fsp3) is 0.676. The van der Waals surface area contributed by atoms with Gasteiger partial charge in [0.15, 0.2) is 0 Å². The number of hydrogen-bond acceptors (Lipinski definition) is 13. The third kappa shape index (κ3) is 17.2. The molecule has 0 aliphatic carbocycles. The van der Waals surface area contributed by atoms with E-state index in [0.29, 0.717) is 118 Å². The van der Waals surface area contributed by atoms with E-state index in [4.69, 9.17) is 4.84 Å². The maximum atomic E-state index is 11.6. The van der Waals surface area contributed by atoms with Crippen LogP contribution < -0.4 is 0 Å². The summed E-state index contributed by atoms with van der Waals surface area (Å²) in [4.78, 5) is 76.9. The molecule has 4 N–H and O–H groups in total. The molecule has 1 aromatic rings. The Labute approximate surface area is 305 Å². The zero-order valence-electron chi connectivity index (χ0n) is 30.3. The van der Waals surface area contributed by atoms with Gasteiger partial charge in [-0.25, -0.2) is 0 Å². The molecule has 0 unspecified atom stereocenters. The molecule has 2 aliphatic rings. The number of aliphatic carboxylic acids is 4. The van der Waals surface area contributed by atoms with Gasteiger partial charge in [0.25, 0.3) is 0 Å². The first-order chi connectivity index (χ1) is 24.9. The molecule has 52 heavy (non-hydrogen) atoms. The lowest BCUT2D eigenvalue weighted by atomic mass is 10.1. The Kier molecular flexibility index (Phi) is 18.9. The van der Waals surface area contributed by atoms with Gasteiger partial charge in [0.05, 0.1) is 33.3 Å². The quantitative estimate of drug-likeness (QED) is 0.156. The minimum Gasteiger partial charge on any atom is -0.480 e. The molecule has 2 saturated heterocycles. The van der Waals surface area contributed by atoms with Crippen molar-refractivity contribution in [1.29, 1.82) is 0 Å². The predicted octanol–water partition coefficient (Wildman–Crippen LogP) is -1.81. The Morgan fingerprint density at radius 3 is 1.15 bits per heavy atom. The molecule has 1 amide bonds. The number of carbonyl (C=O) groups excluding carboxylic acids is 1. The summed E-state index contributed by atoms with van der Waals surface area (Å²) in [7, 11) is 1.55. The number of hydroxylamine groups is 2. The number of benzene rings is 1. The maximum absolute atomic E-state index is 11.6. The Morgan fingerprint density at radius 2 is 0.846 bits per heavy atom. The molecular weight excluding hydrogens is 680 g/mol. The Hall–Kier alpha value is -3.75. The van der Waals surface area contributed by atoms with Crippen molar-refractivity contribution in [1.82, 2.24) is 39.4 Å². The lowest BCUT2D eigenvalue weighted by molar-refractivity contribution is -0.146. The number of hydrogen-bond donors (Lipinski definition) is 4. The van der Waals surface area contributed by atoms with Gasteiger partial charge >= 0.3 is 23.9 Å². The summed E-state index contributed by atoms with van der Waals surface area (Å²) in [6.07, 6.45) is 0.717. The highest BCUT2D eigenvalue weighted by molar-refractivity contribution is 5.70. The lowest BCUT2D eigenvalue weighted by Gasteiger charge is -2.33. The average Bonchev–Trinajstić information content (AvgIpc) is 3.07. The fourth-order valence-electron chi connectivity index (χ4n) is 6.42. The summed E-state index contributed by atoms with van der Waals surface area (Å²) in [6.45, 7) is 8.01. The standard InChI is InChI=1S/C34H56N8O10/c1-52-42-19-17-39(26-33(48)49)11-7-36(8-12-40(18-20-42)27-34(50)51)23-30-4-2-3-29(21-30)22-35-5-9-37(24-31(44)45)13-15-41(28-43)16-14-38(10-6-35)25-32(46)47/h2-4,21,28H,5-20,22-27H2,1H3,(H,44,45)(H,46,47)(H,48,49)(H,50,51). The van der Waals surface area contributed by atoms with Gasteiger partial charge in [0, 0.05) is 118 Å². The van der Waals surface area contributed by atoms with Crippen LogP contribution in [-0.2, 0) is 41.9 Å². The number of nitrogens with zero attached hydrogens (tertiary/aromatic N) is 8. The first-order valence-electron chi connectivity index (χ1n) is 17.7. The number of carboxylic acids is 4. The molecule has 18 nitrogen and oxygen atoms in total. The normalized spacial score (nSPS) is 20.2. The molecule has 2 aliphatic heterocycles. The molecule has 0 radical (unpaired) electrons. The third-order valence-electron chi connectivity index (χ3n) is 9.31. The topological polar surface area (TPSA) is 201 Å². The van der Waals surface area contributed by atoms with Gasteiger partial charge in [0.2, 0.25) is 6.41 Å². The summed E-state index contributed by atoms with van der Waals surface area (Å²) in [6, 6.07) is 8.13. The fourth-order valence-corrected chi connectivity index (χ4v) is 6.42. The number of amides is 1. The van der Waals surface area contributed by atoms with Crippen LogP contribution in [0.3, 0.4) is 0 Å². The van der Waals surface area contributed by atoms with Gasteiger partial charge in [0.1, 0.15) is 0 Å². The summed E-state index contributed by atoms with van der Waals surface area (Å²) >= 11 is 0. The zero-order valence-corrected chi connectivity index (χ0v) is 30.3. The van der Waals surface area contributed by atoms with Crippen molar-refractivity contribution in [2.75, 3.05) is 138 Å². The third-order valence-corrected chi connectivity index (χ3v) is 9.31. The molecule has 0 spiro atoms. The van der Waals surface area contributed by atoms with Crippen molar-refractivity contribution in [3.05, 3.63) is 35.4 Å². The highest BCUT2D eigenvalue weighted by atomic mass is 16.7. The van der Waals surface area contributed by atoms with Gasteiger partial charge < -0.3 is 30.2 Å². The van der Waals surface area contributed by atoms with E-state index in [1.807, 2.05) is 37.8 Å². The van der Waals surface area contributed by atoms with Crippen molar-refractivity contribution in [3.8, 4) is 0 Å². The maximum Gasteiger partial charge on any atom is 0.317 e. The second-order valence-corrected chi connectivity index (χ2v) is 13.3. The Bertz CT molecular complexity index is 1230. The minimum atomic E-state index is -0.951. The first-order valence-corrected chi connectivity index (χ1v) is 17.7. The van der Waals surface area contributed by atoms with Gasteiger partial charge in [-0.2, -0.15) is 5.06 Å². The van der Waals surface area contributed by atoms with Crippen LogP contribution in [0.25, 0.3) is 0 Å². The van der Waals surface area contributed by atoms with Crippen LogP contribution in [0.5, 0.6) is 0 Å². The SMILES string of the molecule is CON1CCN(CC(=O)O)CCN(Cc2cccc(CN3CCN(CC(=O)O)CCN(C=O)CCN(CC(=O)O)CC3)c2)CCN(CC(=O)O)CC1. The van der Waals surface area contributed by atoms with E-state index >= 15 is 0 Å². The van der Waals surface area contributed by atoms with Crippen LogP contribution in [0.1, 0.15) is 11.1 Å². The number of carboxylic acid groups (broad SMARTS) is 4. The summed E-state index contributed by atoms with van der Waals surface area (Å²) in [5, 5.41) is 39.8. The smallest absolute Gasteiger partial charge is 0.317 e. The van der Waals surface area contributed by atoms with E-state index in [1.54, 1.807) is 17.1 Å². The number of rotatable bonds is 14. The van der Waals surface area contributed by atoms with E-state index in [9.17, 15) is 44.4 Å². The van der Waals surface area contributed by atoms with Gasteiger partial charge in [-0.1, -0.05) is 24.3 Å². The van der Waals surface area contributed by atoms with E-state index in [-0.39, 0.29) is 26.2 Å². The molecule has 292 valence electrons. The monoisotopic (exact) mass is 736 g/mol. The van der Waals surface area contributed by atoms with E-state index < -0.39 is 23.9 Å². The Morgan fingerprint density at radius 1 is 0.538 bits per heavy atom. The van der Waals surface area contributed by atoms with Crippen molar-refractivity contribution >= 4 is 30.3 Å². The van der Waals surface area contributed by atoms with Crippen molar-refractivity contribution in [2.24, 2.45) is 0 Å². The highest BCUT2D eigenvalue weighted by Crippen LogP contribution is 2.13. The van der Waals surface area contributed by atoms with Crippen molar-refractivity contribution in [2.45, 2.75) is 13.1 Å². The van der Waals surface area contributed by atoms with Crippen LogP contribution in [0.15, 0.2) is 24.3 Å². The predicted molar refractivity (Wildman–Crippen MR) is 190 cm³/mol. The zero-order chi connectivity index (χ0) is 37.9. The van der Waals surface area contributed by atoms with Crippen LogP contribution in [-0.4, -0.2) is 228 Å². The molecule has 0 saturated carbocycles. The summed E-state index contributed by atoms with van der Waals surface area (Å²) in [5.74, 6) is -3.73. The molecule has 0 atom stereocenters. The summed E-state index contributed by atoms with van der Waals surface area (Å²) < 4.78 is 0. The van der Waals surface area contributed by atoms with Gasteiger partial charge in [-0.05, 0) is 11.1 Å². The second-order valence-electron chi connectivity index (χ2n) is 13.3. The lowest BCUT2D eigenvalue weighted by Crippen LogP contribution is -2.47. The van der Waals surface area contributed by atoms with E-state index in [1.165, 1.54) is 0 Å². The van der Waals surface area contributed by atoms with E-state index in [2.05, 4.69) is 15.9 Å². The van der Waals surface area contributed by atoms with Gasteiger partial charge in [-0.3, -0.25) is 53.4 Å². The molecule has 1 aromatic carbocycles. The van der Waals surface area contributed by atoms with Gasteiger partial charge in [-0.15, -0.1) is 0 Å². The average molecular weight is 737 g/mol. The van der Waals surface area contributed by atoms with Crippen molar-refractivity contribution in [3.63, 3.8) is 0 Å². The molecule has 18 heteroatoms. The summed E-state index contributed by atoms with van der Waals surface area (Å²) in [5.41, 5.74) is 2.06. The molecule has 2 heterocycles. The van der Waals surface area contributed by atoms with Crippen LogP contribution in [0.2, 0.25) is 0 Å². The highest BCUT2D eigenvalue weighted by Gasteiger charge is 2.21. The van der Waals surface area contributed by atoms with Crippen LogP contribution >= 0.6 is 0 Å². The molecule has 2 fully saturated rings. The Balaban J connectivity index is 1.77. The molecule has 0 bridgehead atoms. The minimum absolute atomic E-state index is 0.106. The van der Waals surface area contributed by atoms with E-state index in [0.717, 1.165) is 17.5 Å². The second kappa shape index (κ2) is 23.0. The molecular formula is C34H56N8O10. The molecule has 0 aromatic heterocycles. The number of carbonyl (C=O) groups is 5. The first kappa shape index (κ1) is 42.7.